The Balaban J connectivity index is 3.47. The van der Waals surface area contributed by atoms with Gasteiger partial charge in [-0.3, -0.25) is 4.99 Å². The van der Waals surface area contributed by atoms with Crippen molar-refractivity contribution in [2.24, 2.45) is 4.99 Å². The van der Waals surface area contributed by atoms with Crippen LogP contribution in [0.15, 0.2) is 17.1 Å². The van der Waals surface area contributed by atoms with Crippen LogP contribution in [0.1, 0.15) is 40.0 Å². The highest BCUT2D eigenvalue weighted by Gasteiger charge is 1.91. The summed E-state index contributed by atoms with van der Waals surface area (Å²) in [6, 6.07) is 0.488. The minimum absolute atomic E-state index is 0.488. The van der Waals surface area contributed by atoms with Crippen LogP contribution < -0.4 is 0 Å². The van der Waals surface area contributed by atoms with Crippen LogP contribution >= 0.6 is 0 Å². The topological polar surface area (TPSA) is 12.4 Å². The molecular formula is C10H19N. The average molecular weight is 153 g/mol. The van der Waals surface area contributed by atoms with E-state index in [1.54, 1.807) is 0 Å². The molecule has 0 aromatic rings. The van der Waals surface area contributed by atoms with Gasteiger partial charge < -0.3 is 0 Å². The molecule has 0 amide bonds. The summed E-state index contributed by atoms with van der Waals surface area (Å²) in [5, 5.41) is 0. The molecule has 0 spiro atoms. The van der Waals surface area contributed by atoms with E-state index in [0.717, 1.165) is 6.42 Å². The third kappa shape index (κ3) is 7.31. The third-order valence-corrected chi connectivity index (χ3v) is 1.50. The molecule has 1 unspecified atom stereocenters. The second-order valence-electron chi connectivity index (χ2n) is 2.77. The number of nitrogens with zero attached hydrogens (tertiary/aromatic N) is 1. The summed E-state index contributed by atoms with van der Waals surface area (Å²) in [5.74, 6) is 0. The summed E-state index contributed by atoms with van der Waals surface area (Å²) in [6.45, 7) is 6.47. The number of allylic oxidation sites excluding steroid dienone is 2. The maximum atomic E-state index is 4.34. The number of aliphatic imine (C=N–C) groups is 1. The van der Waals surface area contributed by atoms with Crippen molar-refractivity contribution in [1.29, 1.82) is 0 Å². The first-order chi connectivity index (χ1) is 5.31. The van der Waals surface area contributed by atoms with Gasteiger partial charge in [0.05, 0.1) is 0 Å². The monoisotopic (exact) mass is 153 g/mol. The van der Waals surface area contributed by atoms with Crippen LogP contribution in [0.25, 0.3) is 0 Å². The van der Waals surface area contributed by atoms with E-state index in [2.05, 4.69) is 31.8 Å². The van der Waals surface area contributed by atoms with E-state index < -0.39 is 0 Å². The molecule has 0 fully saturated rings. The van der Waals surface area contributed by atoms with Gasteiger partial charge >= 0.3 is 0 Å². The van der Waals surface area contributed by atoms with E-state index in [0.29, 0.717) is 6.04 Å². The average Bonchev–Trinajstić information content (AvgIpc) is 1.99. The smallest absolute Gasteiger partial charge is 0.0471 e. The van der Waals surface area contributed by atoms with Gasteiger partial charge in [0, 0.05) is 12.3 Å². The van der Waals surface area contributed by atoms with Crippen LogP contribution in [0, 0.1) is 0 Å². The fourth-order valence-corrected chi connectivity index (χ4v) is 0.886. The number of rotatable bonds is 5. The first-order valence-electron chi connectivity index (χ1n) is 4.49. The molecule has 0 aliphatic rings. The predicted molar refractivity (Wildman–Crippen MR) is 52.3 cm³/mol. The predicted octanol–water partition coefficient (Wildman–Crippen LogP) is 3.21. The molecule has 0 bridgehead atoms. The maximum absolute atomic E-state index is 4.34. The molecule has 0 aliphatic heterocycles. The summed E-state index contributed by atoms with van der Waals surface area (Å²) in [7, 11) is 0. The van der Waals surface area contributed by atoms with Crippen molar-refractivity contribution < 1.29 is 0 Å². The summed E-state index contributed by atoms with van der Waals surface area (Å²) in [6.07, 6.45) is 9.54. The number of hydrogen-bond acceptors (Lipinski definition) is 1. The Morgan fingerprint density at radius 2 is 2.09 bits per heavy atom. The van der Waals surface area contributed by atoms with E-state index in [1.165, 1.54) is 12.8 Å². The van der Waals surface area contributed by atoms with Gasteiger partial charge in [0.2, 0.25) is 0 Å². The summed E-state index contributed by atoms with van der Waals surface area (Å²) < 4.78 is 0. The molecule has 0 saturated carbocycles. The van der Waals surface area contributed by atoms with Crippen molar-refractivity contribution in [2.45, 2.75) is 46.1 Å². The van der Waals surface area contributed by atoms with Gasteiger partial charge in [0.15, 0.2) is 0 Å². The first-order valence-corrected chi connectivity index (χ1v) is 4.49. The quantitative estimate of drug-likeness (QED) is 0.538. The van der Waals surface area contributed by atoms with Gasteiger partial charge in [-0.15, -0.1) is 0 Å². The third-order valence-electron chi connectivity index (χ3n) is 1.50. The van der Waals surface area contributed by atoms with Gasteiger partial charge in [-0.05, 0) is 25.8 Å². The first kappa shape index (κ1) is 10.4. The zero-order valence-corrected chi connectivity index (χ0v) is 7.88. The second kappa shape index (κ2) is 7.52. The lowest BCUT2D eigenvalue weighted by molar-refractivity contribution is 0.657. The standard InChI is InChI=1S/C10H19N/c1-4-6-7-9-11-10(3)8-5-2/h6-7,9-10H,4-5,8H2,1-3H3/b7-6-,11-9?. The molecule has 11 heavy (non-hydrogen) atoms. The van der Waals surface area contributed by atoms with E-state index in [1.807, 2.05) is 12.3 Å². The lowest BCUT2D eigenvalue weighted by atomic mass is 10.2. The van der Waals surface area contributed by atoms with Crippen molar-refractivity contribution in [3.63, 3.8) is 0 Å². The van der Waals surface area contributed by atoms with Crippen LogP contribution in [0.4, 0.5) is 0 Å². The van der Waals surface area contributed by atoms with E-state index in [-0.39, 0.29) is 0 Å². The van der Waals surface area contributed by atoms with Crippen LogP contribution in [-0.4, -0.2) is 12.3 Å². The van der Waals surface area contributed by atoms with Gasteiger partial charge in [0.1, 0.15) is 0 Å². The minimum Gasteiger partial charge on any atom is -0.290 e. The zero-order valence-electron chi connectivity index (χ0n) is 7.88. The summed E-state index contributed by atoms with van der Waals surface area (Å²) in [4.78, 5) is 4.34. The van der Waals surface area contributed by atoms with Gasteiger partial charge in [-0.25, -0.2) is 0 Å². The number of hydrogen-bond donors (Lipinski definition) is 0. The molecule has 0 aromatic heterocycles. The highest BCUT2D eigenvalue weighted by atomic mass is 14.7. The van der Waals surface area contributed by atoms with Crippen molar-refractivity contribution in [3.8, 4) is 0 Å². The lowest BCUT2D eigenvalue weighted by Gasteiger charge is -2.00. The summed E-state index contributed by atoms with van der Waals surface area (Å²) in [5.41, 5.74) is 0. The second-order valence-corrected chi connectivity index (χ2v) is 2.77. The molecule has 0 N–H and O–H groups in total. The molecule has 0 radical (unpaired) electrons. The van der Waals surface area contributed by atoms with E-state index in [9.17, 15) is 0 Å². The molecule has 0 aliphatic carbocycles. The molecule has 0 heterocycles. The highest BCUT2D eigenvalue weighted by molar-refractivity contribution is 5.71. The van der Waals surface area contributed by atoms with Crippen LogP contribution in [-0.2, 0) is 0 Å². The van der Waals surface area contributed by atoms with Crippen LogP contribution in [0.5, 0.6) is 0 Å². The maximum Gasteiger partial charge on any atom is 0.0471 e. The molecular weight excluding hydrogens is 134 g/mol. The lowest BCUT2D eigenvalue weighted by Crippen LogP contribution is -1.95. The highest BCUT2D eigenvalue weighted by Crippen LogP contribution is 1.98. The van der Waals surface area contributed by atoms with Crippen molar-refractivity contribution >= 4 is 6.21 Å². The van der Waals surface area contributed by atoms with E-state index in [4.69, 9.17) is 0 Å². The fourth-order valence-electron chi connectivity index (χ4n) is 0.886. The Morgan fingerprint density at radius 3 is 2.64 bits per heavy atom. The zero-order chi connectivity index (χ0) is 8.53. The van der Waals surface area contributed by atoms with Gasteiger partial charge in [0.25, 0.3) is 0 Å². The molecule has 1 atom stereocenters. The molecule has 1 nitrogen and oxygen atoms in total. The Bertz CT molecular complexity index is 125. The Kier molecular flexibility index (Phi) is 7.11. The largest absolute Gasteiger partial charge is 0.290 e. The normalized spacial score (nSPS) is 14.8. The SMILES string of the molecule is CC/C=C\C=NC(C)CCC. The van der Waals surface area contributed by atoms with Crippen molar-refractivity contribution in [1.82, 2.24) is 0 Å². The Labute approximate surface area is 70.2 Å². The van der Waals surface area contributed by atoms with Gasteiger partial charge in [-0.2, -0.15) is 0 Å². The molecule has 0 rings (SSSR count). The van der Waals surface area contributed by atoms with Crippen molar-refractivity contribution in [2.75, 3.05) is 0 Å². The molecule has 0 saturated heterocycles. The minimum atomic E-state index is 0.488. The van der Waals surface area contributed by atoms with Gasteiger partial charge in [-0.1, -0.05) is 26.3 Å². The van der Waals surface area contributed by atoms with Crippen LogP contribution in [0.2, 0.25) is 0 Å². The van der Waals surface area contributed by atoms with Crippen molar-refractivity contribution in [3.05, 3.63) is 12.2 Å². The van der Waals surface area contributed by atoms with Crippen LogP contribution in [0.3, 0.4) is 0 Å². The molecule has 0 aromatic carbocycles. The molecule has 1 heteroatoms. The Hall–Kier alpha value is -0.590. The molecule has 64 valence electrons. The summed E-state index contributed by atoms with van der Waals surface area (Å²) >= 11 is 0. The fraction of sp³-hybridized carbons (Fsp3) is 0.700. The van der Waals surface area contributed by atoms with E-state index >= 15 is 0 Å². The Morgan fingerprint density at radius 1 is 1.36 bits per heavy atom.